The lowest BCUT2D eigenvalue weighted by atomic mass is 10.1. The molecule has 2 heterocycles. The fourth-order valence-corrected chi connectivity index (χ4v) is 4.29. The molecule has 1 aromatic carbocycles. The van der Waals surface area contributed by atoms with Gasteiger partial charge in [0.1, 0.15) is 0 Å². The van der Waals surface area contributed by atoms with Crippen LogP contribution < -0.4 is 10.2 Å². The van der Waals surface area contributed by atoms with E-state index >= 15 is 0 Å². The standard InChI is InChI=1S/C17H27N3S/c1-19-12-13-21-17-7-6-15(14-16(17)19)18-8-5-11-20-9-3-2-4-10-20/h6-7,14,18H,2-5,8-13H2,1H3. The van der Waals surface area contributed by atoms with E-state index in [1.54, 1.807) is 0 Å². The molecule has 0 unspecified atom stereocenters. The molecule has 116 valence electrons. The van der Waals surface area contributed by atoms with E-state index in [1.165, 1.54) is 67.3 Å². The SMILES string of the molecule is CN1CCSc2ccc(NCCCN3CCCCC3)cc21. The van der Waals surface area contributed by atoms with Gasteiger partial charge in [0.25, 0.3) is 0 Å². The van der Waals surface area contributed by atoms with E-state index in [0.717, 1.165) is 13.1 Å². The zero-order valence-electron chi connectivity index (χ0n) is 13.1. The second-order valence-corrected chi connectivity index (χ2v) is 7.27. The van der Waals surface area contributed by atoms with Gasteiger partial charge in [-0.1, -0.05) is 6.42 Å². The molecular formula is C17H27N3S. The molecule has 3 nitrogen and oxygen atoms in total. The number of hydrogen-bond donors (Lipinski definition) is 1. The minimum atomic E-state index is 1.08. The van der Waals surface area contributed by atoms with Crippen LogP contribution in [0, 0.1) is 0 Å². The van der Waals surface area contributed by atoms with Crippen LogP contribution in [-0.4, -0.2) is 50.4 Å². The highest BCUT2D eigenvalue weighted by Gasteiger charge is 2.14. The summed E-state index contributed by atoms with van der Waals surface area (Å²) in [6, 6.07) is 6.80. The van der Waals surface area contributed by atoms with E-state index in [-0.39, 0.29) is 0 Å². The first-order valence-electron chi connectivity index (χ1n) is 8.27. The monoisotopic (exact) mass is 305 g/mol. The van der Waals surface area contributed by atoms with Gasteiger partial charge in [-0.05, 0) is 57.1 Å². The Morgan fingerprint density at radius 2 is 2.00 bits per heavy atom. The molecule has 21 heavy (non-hydrogen) atoms. The lowest BCUT2D eigenvalue weighted by Gasteiger charge is -2.28. The molecule has 4 heteroatoms. The van der Waals surface area contributed by atoms with Crippen LogP contribution >= 0.6 is 11.8 Å². The van der Waals surface area contributed by atoms with Gasteiger partial charge < -0.3 is 15.1 Å². The zero-order valence-corrected chi connectivity index (χ0v) is 13.9. The Hall–Kier alpha value is -0.870. The molecule has 1 fully saturated rings. The molecule has 0 radical (unpaired) electrons. The van der Waals surface area contributed by atoms with Crippen LogP contribution in [0.25, 0.3) is 0 Å². The highest BCUT2D eigenvalue weighted by Crippen LogP contribution is 2.35. The number of benzene rings is 1. The predicted molar refractivity (Wildman–Crippen MR) is 93.8 cm³/mol. The molecule has 2 aliphatic heterocycles. The summed E-state index contributed by atoms with van der Waals surface area (Å²) in [4.78, 5) is 6.40. The quantitative estimate of drug-likeness (QED) is 0.839. The molecule has 0 saturated carbocycles. The molecular weight excluding hydrogens is 278 g/mol. The first-order valence-corrected chi connectivity index (χ1v) is 9.26. The Balaban J connectivity index is 1.46. The fourth-order valence-electron chi connectivity index (χ4n) is 3.18. The molecule has 0 atom stereocenters. The topological polar surface area (TPSA) is 18.5 Å². The van der Waals surface area contributed by atoms with Crippen LogP contribution in [0.5, 0.6) is 0 Å². The number of piperidine rings is 1. The molecule has 0 aromatic heterocycles. The smallest absolute Gasteiger partial charge is 0.0522 e. The van der Waals surface area contributed by atoms with Crippen molar-refractivity contribution in [2.24, 2.45) is 0 Å². The number of anilines is 2. The second-order valence-electron chi connectivity index (χ2n) is 6.14. The van der Waals surface area contributed by atoms with Gasteiger partial charge in [-0.15, -0.1) is 11.8 Å². The summed E-state index contributed by atoms with van der Waals surface area (Å²) in [5.74, 6) is 1.20. The largest absolute Gasteiger partial charge is 0.385 e. The number of thioether (sulfide) groups is 1. The molecule has 0 aliphatic carbocycles. The molecule has 2 aliphatic rings. The number of nitrogens with one attached hydrogen (secondary N) is 1. The van der Waals surface area contributed by atoms with Crippen LogP contribution in [0.15, 0.2) is 23.1 Å². The van der Waals surface area contributed by atoms with Crippen LogP contribution in [0.1, 0.15) is 25.7 Å². The summed E-state index contributed by atoms with van der Waals surface area (Å²) < 4.78 is 0. The number of likely N-dealkylation sites (tertiary alicyclic amines) is 1. The van der Waals surface area contributed by atoms with E-state index < -0.39 is 0 Å². The number of hydrogen-bond acceptors (Lipinski definition) is 4. The maximum atomic E-state index is 3.59. The van der Waals surface area contributed by atoms with E-state index in [9.17, 15) is 0 Å². The van der Waals surface area contributed by atoms with Gasteiger partial charge in [-0.2, -0.15) is 0 Å². The number of nitrogens with zero attached hydrogens (tertiary/aromatic N) is 2. The summed E-state index contributed by atoms with van der Waals surface area (Å²) in [7, 11) is 2.19. The van der Waals surface area contributed by atoms with Crippen LogP contribution in [0.4, 0.5) is 11.4 Å². The van der Waals surface area contributed by atoms with Crippen molar-refractivity contribution in [2.45, 2.75) is 30.6 Å². The first kappa shape index (κ1) is 15.0. The summed E-state index contributed by atoms with van der Waals surface area (Å²) in [6.07, 6.45) is 5.45. The van der Waals surface area contributed by atoms with Crippen LogP contribution in [0.3, 0.4) is 0 Å². The first-order chi connectivity index (χ1) is 10.3. The molecule has 1 N–H and O–H groups in total. The Morgan fingerprint density at radius 1 is 1.14 bits per heavy atom. The Morgan fingerprint density at radius 3 is 2.86 bits per heavy atom. The van der Waals surface area contributed by atoms with E-state index in [0.29, 0.717) is 0 Å². The normalized spacial score (nSPS) is 19.4. The Labute approximate surface area is 133 Å². The number of fused-ring (bicyclic) bond motifs is 1. The third kappa shape index (κ3) is 4.07. The van der Waals surface area contributed by atoms with Crippen LogP contribution in [0.2, 0.25) is 0 Å². The predicted octanol–water partition coefficient (Wildman–Crippen LogP) is 3.52. The Bertz CT molecular complexity index is 457. The van der Waals surface area contributed by atoms with Crippen molar-refractivity contribution in [3.05, 3.63) is 18.2 Å². The summed E-state index contributed by atoms with van der Waals surface area (Å²) in [6.45, 7) is 6.08. The fraction of sp³-hybridized carbons (Fsp3) is 0.647. The lowest BCUT2D eigenvalue weighted by molar-refractivity contribution is 0.228. The van der Waals surface area contributed by atoms with Crippen molar-refractivity contribution in [2.75, 3.05) is 55.7 Å². The summed E-state index contributed by atoms with van der Waals surface area (Å²) in [5, 5.41) is 3.59. The molecule has 1 aromatic rings. The van der Waals surface area contributed by atoms with Gasteiger partial charge in [0.2, 0.25) is 0 Å². The minimum Gasteiger partial charge on any atom is -0.385 e. The minimum absolute atomic E-state index is 1.08. The van der Waals surface area contributed by atoms with Gasteiger partial charge in [0, 0.05) is 36.5 Å². The third-order valence-electron chi connectivity index (χ3n) is 4.48. The van der Waals surface area contributed by atoms with E-state index in [1.807, 2.05) is 11.8 Å². The maximum Gasteiger partial charge on any atom is 0.0522 e. The van der Waals surface area contributed by atoms with Gasteiger partial charge in [0.15, 0.2) is 0 Å². The van der Waals surface area contributed by atoms with Crippen molar-refractivity contribution < 1.29 is 0 Å². The molecule has 0 amide bonds. The van der Waals surface area contributed by atoms with Crippen molar-refractivity contribution in [3.63, 3.8) is 0 Å². The Kier molecular flexibility index (Phi) is 5.31. The zero-order chi connectivity index (χ0) is 14.5. The second kappa shape index (κ2) is 7.41. The highest BCUT2D eigenvalue weighted by molar-refractivity contribution is 7.99. The molecule has 0 spiro atoms. The summed E-state index contributed by atoms with van der Waals surface area (Å²) >= 11 is 1.97. The van der Waals surface area contributed by atoms with Crippen molar-refractivity contribution in [1.82, 2.24) is 4.90 Å². The average molecular weight is 305 g/mol. The highest BCUT2D eigenvalue weighted by atomic mass is 32.2. The van der Waals surface area contributed by atoms with E-state index in [2.05, 4.69) is 40.4 Å². The third-order valence-corrected chi connectivity index (χ3v) is 5.53. The van der Waals surface area contributed by atoms with E-state index in [4.69, 9.17) is 0 Å². The van der Waals surface area contributed by atoms with Gasteiger partial charge in [-0.3, -0.25) is 0 Å². The van der Waals surface area contributed by atoms with Crippen LogP contribution in [-0.2, 0) is 0 Å². The average Bonchev–Trinajstić information content (AvgIpc) is 2.53. The lowest BCUT2D eigenvalue weighted by Crippen LogP contribution is -2.31. The molecule has 1 saturated heterocycles. The van der Waals surface area contributed by atoms with Crippen molar-refractivity contribution in [1.29, 1.82) is 0 Å². The van der Waals surface area contributed by atoms with Gasteiger partial charge >= 0.3 is 0 Å². The number of rotatable bonds is 5. The molecule has 0 bridgehead atoms. The van der Waals surface area contributed by atoms with Crippen molar-refractivity contribution >= 4 is 23.1 Å². The molecule has 3 rings (SSSR count). The van der Waals surface area contributed by atoms with Gasteiger partial charge in [-0.25, -0.2) is 0 Å². The van der Waals surface area contributed by atoms with Crippen molar-refractivity contribution in [3.8, 4) is 0 Å². The van der Waals surface area contributed by atoms with Gasteiger partial charge in [0.05, 0.1) is 5.69 Å². The summed E-state index contributed by atoms with van der Waals surface area (Å²) in [5.41, 5.74) is 2.65. The maximum absolute atomic E-state index is 3.59.